The number of amides is 1. The Morgan fingerprint density at radius 2 is 2.00 bits per heavy atom. The average molecular weight is 342 g/mol. The lowest BCUT2D eigenvalue weighted by Gasteiger charge is -2.16. The molecule has 2 aromatic heterocycles. The lowest BCUT2D eigenvalue weighted by atomic mass is 9.90. The molecule has 0 aromatic carbocycles. The first-order valence-corrected chi connectivity index (χ1v) is 8.38. The van der Waals surface area contributed by atoms with Crippen LogP contribution in [-0.2, 0) is 16.0 Å². The number of aliphatic carboxylic acids is 1. The molecule has 1 aliphatic rings. The second-order valence-corrected chi connectivity index (χ2v) is 6.54. The molecule has 3 heterocycles. The molecule has 1 fully saturated rings. The zero-order valence-corrected chi connectivity index (χ0v) is 14.4. The molecule has 3 rings (SSSR count). The highest BCUT2D eigenvalue weighted by Gasteiger charge is 2.40. The fourth-order valence-electron chi connectivity index (χ4n) is 3.54. The number of carboxylic acid groups (broad SMARTS) is 1. The molecule has 1 amide bonds. The molecule has 7 heteroatoms. The van der Waals surface area contributed by atoms with Gasteiger partial charge in [-0.05, 0) is 43.5 Å². The van der Waals surface area contributed by atoms with E-state index in [9.17, 15) is 14.7 Å². The topological polar surface area (TPSA) is 99.2 Å². The van der Waals surface area contributed by atoms with Gasteiger partial charge in [0.25, 0.3) is 0 Å². The number of aromatic amines is 1. The van der Waals surface area contributed by atoms with E-state index in [0.717, 1.165) is 22.5 Å². The van der Waals surface area contributed by atoms with Crippen LogP contribution in [0.2, 0.25) is 0 Å². The summed E-state index contributed by atoms with van der Waals surface area (Å²) in [6, 6.07) is 3.65. The molecule has 0 saturated carbocycles. The predicted molar refractivity (Wildman–Crippen MR) is 91.1 cm³/mol. The number of carboxylic acids is 1. The van der Waals surface area contributed by atoms with Crippen LogP contribution in [0.5, 0.6) is 0 Å². The number of hydrogen-bond donors (Lipinski definition) is 2. The lowest BCUT2D eigenvalue weighted by molar-refractivity contribution is -0.141. The summed E-state index contributed by atoms with van der Waals surface area (Å²) in [5.74, 6) is -1.65. The van der Waals surface area contributed by atoms with E-state index in [0.29, 0.717) is 19.4 Å². The van der Waals surface area contributed by atoms with Crippen molar-refractivity contribution in [3.63, 3.8) is 0 Å². The van der Waals surface area contributed by atoms with Crippen molar-refractivity contribution in [3.8, 4) is 0 Å². The summed E-state index contributed by atoms with van der Waals surface area (Å²) in [6.45, 7) is 4.54. The number of H-pyrrole nitrogens is 1. The van der Waals surface area contributed by atoms with Crippen LogP contribution >= 0.6 is 0 Å². The average Bonchev–Trinajstić information content (AvgIpc) is 3.18. The SMILES string of the molecule is Cc1n[nH]c(C)c1CCC(=O)N1C[C@@H](C(=O)O)[C@H](c2ccncc2)C1. The third-order valence-corrected chi connectivity index (χ3v) is 4.99. The van der Waals surface area contributed by atoms with Gasteiger partial charge in [0, 0.05) is 43.5 Å². The van der Waals surface area contributed by atoms with E-state index in [4.69, 9.17) is 0 Å². The van der Waals surface area contributed by atoms with Gasteiger partial charge >= 0.3 is 5.97 Å². The number of aromatic nitrogens is 3. The van der Waals surface area contributed by atoms with Gasteiger partial charge in [0.2, 0.25) is 5.91 Å². The minimum absolute atomic E-state index is 0.0113. The maximum Gasteiger partial charge on any atom is 0.308 e. The molecule has 0 radical (unpaired) electrons. The minimum Gasteiger partial charge on any atom is -0.481 e. The van der Waals surface area contributed by atoms with E-state index >= 15 is 0 Å². The van der Waals surface area contributed by atoms with Crippen LogP contribution in [0.4, 0.5) is 0 Å². The third kappa shape index (κ3) is 3.55. The van der Waals surface area contributed by atoms with Gasteiger partial charge in [-0.3, -0.25) is 19.7 Å². The summed E-state index contributed by atoms with van der Waals surface area (Å²) in [4.78, 5) is 29.9. The molecule has 0 unspecified atom stereocenters. The second-order valence-electron chi connectivity index (χ2n) is 6.54. The molecule has 25 heavy (non-hydrogen) atoms. The maximum atomic E-state index is 12.6. The van der Waals surface area contributed by atoms with Gasteiger partial charge in [-0.25, -0.2) is 0 Å². The molecule has 0 aliphatic carbocycles. The van der Waals surface area contributed by atoms with E-state index in [1.165, 1.54) is 0 Å². The van der Waals surface area contributed by atoms with E-state index in [-0.39, 0.29) is 18.4 Å². The van der Waals surface area contributed by atoms with E-state index in [1.807, 2.05) is 26.0 Å². The summed E-state index contributed by atoms with van der Waals surface area (Å²) < 4.78 is 0. The summed E-state index contributed by atoms with van der Waals surface area (Å²) in [6.07, 6.45) is 4.28. The first-order chi connectivity index (χ1) is 12.0. The molecule has 7 nitrogen and oxygen atoms in total. The van der Waals surface area contributed by atoms with Gasteiger partial charge in [-0.1, -0.05) is 0 Å². The Bertz CT molecular complexity index is 752. The highest BCUT2D eigenvalue weighted by atomic mass is 16.4. The molecule has 2 N–H and O–H groups in total. The highest BCUT2D eigenvalue weighted by Crippen LogP contribution is 2.33. The fourth-order valence-corrected chi connectivity index (χ4v) is 3.54. The monoisotopic (exact) mass is 342 g/mol. The quantitative estimate of drug-likeness (QED) is 0.861. The number of pyridine rings is 1. The van der Waals surface area contributed by atoms with Crippen LogP contribution < -0.4 is 0 Å². The number of carbonyl (C=O) groups excluding carboxylic acids is 1. The second kappa shape index (κ2) is 7.04. The van der Waals surface area contributed by atoms with Crippen molar-refractivity contribution in [2.45, 2.75) is 32.6 Å². The fraction of sp³-hybridized carbons (Fsp3) is 0.444. The Kier molecular flexibility index (Phi) is 4.83. The van der Waals surface area contributed by atoms with Crippen molar-refractivity contribution in [2.24, 2.45) is 5.92 Å². The molecule has 2 atom stereocenters. The van der Waals surface area contributed by atoms with Crippen molar-refractivity contribution in [1.29, 1.82) is 0 Å². The van der Waals surface area contributed by atoms with Crippen molar-refractivity contribution < 1.29 is 14.7 Å². The Hall–Kier alpha value is -2.70. The number of rotatable bonds is 5. The number of hydrogen-bond acceptors (Lipinski definition) is 4. The molecule has 132 valence electrons. The van der Waals surface area contributed by atoms with Crippen LogP contribution in [0.15, 0.2) is 24.5 Å². The molecule has 0 spiro atoms. The van der Waals surface area contributed by atoms with Crippen molar-refractivity contribution in [1.82, 2.24) is 20.1 Å². The standard InChI is InChI=1S/C18H22N4O3/c1-11-14(12(2)21-20-11)3-4-17(23)22-9-15(16(10-22)18(24)25)13-5-7-19-8-6-13/h5-8,15-16H,3-4,9-10H2,1-2H3,(H,20,21)(H,24,25)/t15-,16+/m0/s1. The summed E-state index contributed by atoms with van der Waals surface area (Å²) in [7, 11) is 0. The van der Waals surface area contributed by atoms with Crippen LogP contribution in [-0.4, -0.2) is 50.2 Å². The van der Waals surface area contributed by atoms with Gasteiger partial charge < -0.3 is 10.0 Å². The molecule has 0 bridgehead atoms. The van der Waals surface area contributed by atoms with Crippen LogP contribution in [0, 0.1) is 19.8 Å². The van der Waals surface area contributed by atoms with E-state index in [1.54, 1.807) is 17.3 Å². The van der Waals surface area contributed by atoms with Crippen molar-refractivity contribution in [2.75, 3.05) is 13.1 Å². The smallest absolute Gasteiger partial charge is 0.308 e. The van der Waals surface area contributed by atoms with Gasteiger partial charge in [0.1, 0.15) is 0 Å². The first kappa shape index (κ1) is 17.1. The van der Waals surface area contributed by atoms with Crippen LogP contribution in [0.25, 0.3) is 0 Å². The highest BCUT2D eigenvalue weighted by molar-refractivity contribution is 5.80. The number of carbonyl (C=O) groups is 2. The number of likely N-dealkylation sites (tertiary alicyclic amines) is 1. The molecular weight excluding hydrogens is 320 g/mol. The third-order valence-electron chi connectivity index (χ3n) is 4.99. The normalized spacial score (nSPS) is 20.0. The Labute approximate surface area is 146 Å². The van der Waals surface area contributed by atoms with E-state index < -0.39 is 11.9 Å². The minimum atomic E-state index is -0.862. The Morgan fingerprint density at radius 3 is 2.60 bits per heavy atom. The maximum absolute atomic E-state index is 12.6. The van der Waals surface area contributed by atoms with Crippen molar-refractivity contribution >= 4 is 11.9 Å². The van der Waals surface area contributed by atoms with Gasteiger partial charge in [-0.15, -0.1) is 0 Å². The summed E-state index contributed by atoms with van der Waals surface area (Å²) in [5, 5.41) is 16.6. The zero-order valence-electron chi connectivity index (χ0n) is 14.4. The summed E-state index contributed by atoms with van der Waals surface area (Å²) in [5.41, 5.74) is 3.86. The Morgan fingerprint density at radius 1 is 1.28 bits per heavy atom. The lowest BCUT2D eigenvalue weighted by Crippen LogP contribution is -2.30. The molecule has 2 aromatic rings. The Balaban J connectivity index is 1.68. The number of aryl methyl sites for hydroxylation is 2. The zero-order chi connectivity index (χ0) is 18.0. The molecular formula is C18H22N4O3. The largest absolute Gasteiger partial charge is 0.481 e. The summed E-state index contributed by atoms with van der Waals surface area (Å²) >= 11 is 0. The van der Waals surface area contributed by atoms with E-state index in [2.05, 4.69) is 15.2 Å². The first-order valence-electron chi connectivity index (χ1n) is 8.38. The van der Waals surface area contributed by atoms with Crippen LogP contribution in [0.3, 0.4) is 0 Å². The van der Waals surface area contributed by atoms with Crippen molar-refractivity contribution in [3.05, 3.63) is 47.0 Å². The van der Waals surface area contributed by atoms with Gasteiger partial charge in [0.15, 0.2) is 0 Å². The van der Waals surface area contributed by atoms with Gasteiger partial charge in [-0.2, -0.15) is 5.10 Å². The predicted octanol–water partition coefficient (Wildman–Crippen LogP) is 1.68. The van der Waals surface area contributed by atoms with Crippen LogP contribution in [0.1, 0.15) is 34.9 Å². The number of nitrogens with zero attached hydrogens (tertiary/aromatic N) is 3. The number of nitrogens with one attached hydrogen (secondary N) is 1. The molecule has 1 aliphatic heterocycles. The van der Waals surface area contributed by atoms with Gasteiger partial charge in [0.05, 0.1) is 11.6 Å². The molecule has 1 saturated heterocycles.